The van der Waals surface area contributed by atoms with Crippen LogP contribution in [0.3, 0.4) is 0 Å². The van der Waals surface area contributed by atoms with Gasteiger partial charge < -0.3 is 4.90 Å². The standard InChI is InChI=1S/C47H33N/c1-47(2)42-18-10-9-15-38(42)41-29-36(25-26-43(41)47)48(35-24-23-30-11-3-4-13-33(30)27-35)44-28-34-22-21-32-20-19-31-12-5-6-14-37(31)45(32)46(34)40-17-8-7-16-39(40)44/h3-29H,1-2H3. The number of hydrogen-bond acceptors (Lipinski definition) is 1. The Labute approximate surface area is 280 Å². The monoisotopic (exact) mass is 611 g/mol. The summed E-state index contributed by atoms with van der Waals surface area (Å²) in [6.45, 7) is 4.70. The highest BCUT2D eigenvalue weighted by atomic mass is 15.1. The molecule has 1 heteroatoms. The van der Waals surface area contributed by atoms with Crippen molar-refractivity contribution in [3.8, 4) is 11.1 Å². The molecule has 1 nitrogen and oxygen atoms in total. The Kier molecular flexibility index (Phi) is 5.69. The first kappa shape index (κ1) is 27.2. The first-order valence-corrected chi connectivity index (χ1v) is 16.9. The average Bonchev–Trinajstić information content (AvgIpc) is 3.37. The third kappa shape index (κ3) is 3.85. The molecule has 0 N–H and O–H groups in total. The normalized spacial score (nSPS) is 13.4. The molecule has 0 heterocycles. The molecule has 9 aromatic carbocycles. The van der Waals surface area contributed by atoms with E-state index in [9.17, 15) is 0 Å². The zero-order valence-electron chi connectivity index (χ0n) is 27.0. The van der Waals surface area contributed by atoms with Gasteiger partial charge in [0.25, 0.3) is 0 Å². The largest absolute Gasteiger partial charge is 0.310 e. The number of nitrogens with zero attached hydrogens (tertiary/aromatic N) is 1. The summed E-state index contributed by atoms with van der Waals surface area (Å²) in [6, 6.07) is 60.8. The summed E-state index contributed by atoms with van der Waals surface area (Å²) in [6.07, 6.45) is 0. The maximum absolute atomic E-state index is 2.48. The molecular formula is C47H33N. The van der Waals surface area contributed by atoms with Gasteiger partial charge in [-0.3, -0.25) is 0 Å². The molecule has 48 heavy (non-hydrogen) atoms. The Bertz CT molecular complexity index is 2770. The van der Waals surface area contributed by atoms with Crippen molar-refractivity contribution in [2.24, 2.45) is 0 Å². The molecule has 0 atom stereocenters. The minimum Gasteiger partial charge on any atom is -0.310 e. The van der Waals surface area contributed by atoms with Gasteiger partial charge in [0.1, 0.15) is 0 Å². The van der Waals surface area contributed by atoms with Crippen LogP contribution < -0.4 is 4.90 Å². The van der Waals surface area contributed by atoms with Crippen LogP contribution in [0.2, 0.25) is 0 Å². The molecule has 0 amide bonds. The number of benzene rings is 9. The van der Waals surface area contributed by atoms with Crippen LogP contribution >= 0.6 is 0 Å². The molecule has 0 aliphatic heterocycles. The fraction of sp³-hybridized carbons (Fsp3) is 0.0638. The van der Waals surface area contributed by atoms with Crippen molar-refractivity contribution in [3.63, 3.8) is 0 Å². The van der Waals surface area contributed by atoms with E-state index in [-0.39, 0.29) is 5.41 Å². The van der Waals surface area contributed by atoms with Crippen LogP contribution in [0.1, 0.15) is 25.0 Å². The quantitative estimate of drug-likeness (QED) is 0.180. The summed E-state index contributed by atoms with van der Waals surface area (Å²) in [5, 5.41) is 12.7. The third-order valence-corrected chi connectivity index (χ3v) is 10.8. The first-order chi connectivity index (χ1) is 23.6. The maximum atomic E-state index is 2.48. The molecule has 1 aliphatic carbocycles. The van der Waals surface area contributed by atoms with E-state index in [1.807, 2.05) is 0 Å². The van der Waals surface area contributed by atoms with Crippen molar-refractivity contribution >= 4 is 70.9 Å². The van der Waals surface area contributed by atoms with Gasteiger partial charge in [-0.25, -0.2) is 0 Å². The number of fused-ring (bicyclic) bond motifs is 11. The highest BCUT2D eigenvalue weighted by Gasteiger charge is 2.35. The van der Waals surface area contributed by atoms with Crippen LogP contribution in [0.25, 0.3) is 65.0 Å². The highest BCUT2D eigenvalue weighted by Crippen LogP contribution is 2.51. The van der Waals surface area contributed by atoms with Crippen LogP contribution in [0, 0.1) is 0 Å². The first-order valence-electron chi connectivity index (χ1n) is 16.9. The van der Waals surface area contributed by atoms with Gasteiger partial charge >= 0.3 is 0 Å². The van der Waals surface area contributed by atoms with Crippen molar-refractivity contribution in [3.05, 3.63) is 175 Å². The predicted octanol–water partition coefficient (Wildman–Crippen LogP) is 13.2. The molecular weight excluding hydrogens is 579 g/mol. The van der Waals surface area contributed by atoms with E-state index in [0.29, 0.717) is 0 Å². The Morgan fingerprint density at radius 2 is 0.938 bits per heavy atom. The second-order valence-electron chi connectivity index (χ2n) is 13.8. The second kappa shape index (κ2) is 10.0. The maximum Gasteiger partial charge on any atom is 0.0546 e. The lowest BCUT2D eigenvalue weighted by atomic mass is 9.82. The minimum absolute atomic E-state index is 0.0439. The lowest BCUT2D eigenvalue weighted by Gasteiger charge is -2.29. The lowest BCUT2D eigenvalue weighted by Crippen LogP contribution is -2.15. The summed E-state index contributed by atoms with van der Waals surface area (Å²) in [4.78, 5) is 2.48. The van der Waals surface area contributed by atoms with Gasteiger partial charge in [-0.1, -0.05) is 147 Å². The van der Waals surface area contributed by atoms with Gasteiger partial charge in [0.05, 0.1) is 5.69 Å². The molecule has 1 aliphatic rings. The van der Waals surface area contributed by atoms with Crippen molar-refractivity contribution in [2.75, 3.05) is 4.90 Å². The summed E-state index contributed by atoms with van der Waals surface area (Å²) in [7, 11) is 0. The van der Waals surface area contributed by atoms with Crippen LogP contribution in [0.5, 0.6) is 0 Å². The molecule has 0 saturated heterocycles. The fourth-order valence-corrected chi connectivity index (χ4v) is 8.45. The van der Waals surface area contributed by atoms with E-state index < -0.39 is 0 Å². The molecule has 0 aromatic heterocycles. The van der Waals surface area contributed by atoms with Crippen LogP contribution in [-0.2, 0) is 5.41 Å². The molecule has 10 rings (SSSR count). The van der Waals surface area contributed by atoms with Crippen molar-refractivity contribution < 1.29 is 0 Å². The summed E-state index contributed by atoms with van der Waals surface area (Å²) in [5.41, 5.74) is 8.87. The van der Waals surface area contributed by atoms with Gasteiger partial charge in [-0.2, -0.15) is 0 Å². The minimum atomic E-state index is -0.0439. The summed E-state index contributed by atoms with van der Waals surface area (Å²) < 4.78 is 0. The third-order valence-electron chi connectivity index (χ3n) is 10.8. The van der Waals surface area contributed by atoms with Gasteiger partial charge in [0.2, 0.25) is 0 Å². The van der Waals surface area contributed by atoms with Gasteiger partial charge in [-0.15, -0.1) is 0 Å². The zero-order valence-corrected chi connectivity index (χ0v) is 27.0. The van der Waals surface area contributed by atoms with E-state index in [1.165, 1.54) is 81.8 Å². The topological polar surface area (TPSA) is 3.24 Å². The molecule has 0 spiro atoms. The molecule has 0 saturated carbocycles. The smallest absolute Gasteiger partial charge is 0.0546 e. The van der Waals surface area contributed by atoms with Crippen LogP contribution in [0.4, 0.5) is 17.1 Å². The molecule has 9 aromatic rings. The molecule has 0 unspecified atom stereocenters. The van der Waals surface area contributed by atoms with Crippen molar-refractivity contribution in [2.45, 2.75) is 19.3 Å². The second-order valence-corrected chi connectivity index (χ2v) is 13.8. The van der Waals surface area contributed by atoms with Gasteiger partial charge in [0, 0.05) is 22.2 Å². The van der Waals surface area contributed by atoms with Crippen LogP contribution in [0.15, 0.2) is 164 Å². The Morgan fingerprint density at radius 3 is 1.79 bits per heavy atom. The average molecular weight is 612 g/mol. The summed E-state index contributed by atoms with van der Waals surface area (Å²) >= 11 is 0. The van der Waals surface area contributed by atoms with Crippen molar-refractivity contribution in [1.82, 2.24) is 0 Å². The van der Waals surface area contributed by atoms with Gasteiger partial charge in [-0.05, 0) is 101 Å². The molecule has 0 bridgehead atoms. The SMILES string of the molecule is CC1(C)c2ccccc2-c2cc(N(c3ccc4ccccc4c3)c3cc4ccc5ccc6ccccc6c5c4c4ccccc34)ccc21. The Hall–Kier alpha value is -5.92. The van der Waals surface area contributed by atoms with Crippen LogP contribution in [-0.4, -0.2) is 0 Å². The Morgan fingerprint density at radius 1 is 0.375 bits per heavy atom. The molecule has 0 fully saturated rings. The highest BCUT2D eigenvalue weighted by molar-refractivity contribution is 6.29. The van der Waals surface area contributed by atoms with Crippen molar-refractivity contribution in [1.29, 1.82) is 0 Å². The number of rotatable bonds is 3. The van der Waals surface area contributed by atoms with E-state index >= 15 is 0 Å². The van der Waals surface area contributed by atoms with E-state index in [1.54, 1.807) is 0 Å². The van der Waals surface area contributed by atoms with E-state index in [4.69, 9.17) is 0 Å². The Balaban J connectivity index is 1.30. The molecule has 226 valence electrons. The zero-order chi connectivity index (χ0) is 32.0. The fourth-order valence-electron chi connectivity index (χ4n) is 8.45. The number of anilines is 3. The predicted molar refractivity (Wildman–Crippen MR) is 206 cm³/mol. The summed E-state index contributed by atoms with van der Waals surface area (Å²) in [5.74, 6) is 0. The van der Waals surface area contributed by atoms with E-state index in [0.717, 1.165) is 11.4 Å². The van der Waals surface area contributed by atoms with E-state index in [2.05, 4.69) is 183 Å². The van der Waals surface area contributed by atoms with Gasteiger partial charge in [0.15, 0.2) is 0 Å². The number of hydrogen-bond donors (Lipinski definition) is 0. The lowest BCUT2D eigenvalue weighted by molar-refractivity contribution is 0.660. The molecule has 0 radical (unpaired) electrons.